The number of rotatable bonds is 4. The molecular formula is C24H29NO5. The molecule has 6 heteroatoms. The number of fused-ring (bicyclic) bond motifs is 3. The summed E-state index contributed by atoms with van der Waals surface area (Å²) in [4.78, 5) is 0. The van der Waals surface area contributed by atoms with E-state index in [4.69, 9.17) is 23.7 Å². The fourth-order valence-corrected chi connectivity index (χ4v) is 5.43. The van der Waals surface area contributed by atoms with Crippen LogP contribution in [0.25, 0.3) is 0 Å². The van der Waals surface area contributed by atoms with Crippen LogP contribution in [0.5, 0.6) is 28.7 Å². The standard InChI is InChI=1S/C24H29NO5/c1-26-18-7-6-15(22(27-2)23(18)28-3)21-16-12-19-20(30-11-10-29-19)13-17(16)24(14-25-21)8-4-5-9-24/h6-7,12-13,21,25H,4-5,8-11,14H2,1-3H3. The van der Waals surface area contributed by atoms with Gasteiger partial charge in [-0.25, -0.2) is 0 Å². The largest absolute Gasteiger partial charge is 0.493 e. The summed E-state index contributed by atoms with van der Waals surface area (Å²) in [6.07, 6.45) is 4.92. The first-order chi connectivity index (χ1) is 14.7. The lowest BCUT2D eigenvalue weighted by molar-refractivity contribution is 0.170. The molecule has 1 spiro atoms. The van der Waals surface area contributed by atoms with Gasteiger partial charge in [-0.3, -0.25) is 0 Å². The Morgan fingerprint density at radius 2 is 1.57 bits per heavy atom. The van der Waals surface area contributed by atoms with Gasteiger partial charge in [-0.15, -0.1) is 0 Å². The molecule has 0 aromatic heterocycles. The van der Waals surface area contributed by atoms with Crippen molar-refractivity contribution < 1.29 is 23.7 Å². The predicted octanol–water partition coefficient (Wildman–Crippen LogP) is 3.99. The highest BCUT2D eigenvalue weighted by Crippen LogP contribution is 2.52. The molecule has 1 aliphatic carbocycles. The fraction of sp³-hybridized carbons (Fsp3) is 0.500. The maximum absolute atomic E-state index is 5.94. The number of hydrogen-bond acceptors (Lipinski definition) is 6. The van der Waals surface area contributed by atoms with E-state index < -0.39 is 0 Å². The summed E-state index contributed by atoms with van der Waals surface area (Å²) < 4.78 is 28.8. The van der Waals surface area contributed by atoms with E-state index in [1.54, 1.807) is 21.3 Å². The Morgan fingerprint density at radius 3 is 2.23 bits per heavy atom. The minimum Gasteiger partial charge on any atom is -0.493 e. The average Bonchev–Trinajstić information content (AvgIpc) is 3.26. The zero-order valence-electron chi connectivity index (χ0n) is 17.9. The van der Waals surface area contributed by atoms with E-state index in [9.17, 15) is 0 Å². The van der Waals surface area contributed by atoms with Gasteiger partial charge in [-0.2, -0.15) is 0 Å². The first-order valence-electron chi connectivity index (χ1n) is 10.7. The predicted molar refractivity (Wildman–Crippen MR) is 114 cm³/mol. The van der Waals surface area contributed by atoms with Crippen molar-refractivity contribution in [3.05, 3.63) is 41.0 Å². The Balaban J connectivity index is 1.68. The number of methoxy groups -OCH3 is 3. The number of nitrogens with one attached hydrogen (secondary N) is 1. The van der Waals surface area contributed by atoms with Gasteiger partial charge in [0.25, 0.3) is 0 Å². The van der Waals surface area contributed by atoms with Crippen LogP contribution in [-0.2, 0) is 5.41 Å². The van der Waals surface area contributed by atoms with Gasteiger partial charge in [0.2, 0.25) is 5.75 Å². The van der Waals surface area contributed by atoms with Gasteiger partial charge in [0, 0.05) is 17.5 Å². The van der Waals surface area contributed by atoms with Crippen LogP contribution in [0, 0.1) is 0 Å². The minimum absolute atomic E-state index is 0.0307. The Labute approximate surface area is 177 Å². The molecule has 1 atom stereocenters. The molecule has 0 amide bonds. The monoisotopic (exact) mass is 411 g/mol. The van der Waals surface area contributed by atoms with Crippen molar-refractivity contribution in [2.75, 3.05) is 41.1 Å². The zero-order chi connectivity index (χ0) is 20.7. The van der Waals surface area contributed by atoms with Crippen molar-refractivity contribution >= 4 is 0 Å². The van der Waals surface area contributed by atoms with E-state index in [1.165, 1.54) is 36.8 Å². The second-order valence-electron chi connectivity index (χ2n) is 8.31. The van der Waals surface area contributed by atoms with Crippen LogP contribution in [0.1, 0.15) is 48.4 Å². The molecule has 2 aromatic rings. The zero-order valence-corrected chi connectivity index (χ0v) is 17.9. The second kappa shape index (κ2) is 7.58. The summed E-state index contributed by atoms with van der Waals surface area (Å²) in [6, 6.07) is 8.37. The summed E-state index contributed by atoms with van der Waals surface area (Å²) in [5.41, 5.74) is 3.80. The van der Waals surface area contributed by atoms with Crippen LogP contribution >= 0.6 is 0 Å². The Hall–Kier alpha value is -2.60. The van der Waals surface area contributed by atoms with E-state index in [-0.39, 0.29) is 11.5 Å². The Bertz CT molecular complexity index is 951. The molecule has 1 unspecified atom stereocenters. The third-order valence-electron chi connectivity index (χ3n) is 6.85. The van der Waals surface area contributed by atoms with E-state index in [0.29, 0.717) is 30.5 Å². The van der Waals surface area contributed by atoms with Gasteiger partial charge in [0.15, 0.2) is 23.0 Å². The summed E-state index contributed by atoms with van der Waals surface area (Å²) in [5, 5.41) is 3.82. The highest BCUT2D eigenvalue weighted by molar-refractivity contribution is 5.61. The maximum atomic E-state index is 5.94. The first kappa shape index (κ1) is 19.4. The van der Waals surface area contributed by atoms with Crippen molar-refractivity contribution in [3.8, 4) is 28.7 Å². The maximum Gasteiger partial charge on any atom is 0.203 e. The quantitative estimate of drug-likeness (QED) is 0.821. The first-order valence-corrected chi connectivity index (χ1v) is 10.7. The smallest absolute Gasteiger partial charge is 0.203 e. The van der Waals surface area contributed by atoms with Crippen LogP contribution in [-0.4, -0.2) is 41.1 Å². The van der Waals surface area contributed by atoms with Crippen LogP contribution in [0.15, 0.2) is 24.3 Å². The van der Waals surface area contributed by atoms with Gasteiger partial charge in [0.1, 0.15) is 13.2 Å². The molecule has 3 aliphatic rings. The molecule has 0 bridgehead atoms. The normalized spacial score (nSPS) is 21.2. The number of hydrogen-bond donors (Lipinski definition) is 1. The van der Waals surface area contributed by atoms with Crippen LogP contribution < -0.4 is 29.0 Å². The molecule has 5 rings (SSSR count). The molecule has 2 aliphatic heterocycles. The molecule has 2 aromatic carbocycles. The summed E-state index contributed by atoms with van der Waals surface area (Å²) in [6.45, 7) is 2.11. The lowest BCUT2D eigenvalue weighted by Gasteiger charge is -2.41. The third-order valence-corrected chi connectivity index (χ3v) is 6.85. The molecule has 1 saturated carbocycles. The van der Waals surface area contributed by atoms with Crippen molar-refractivity contribution in [1.29, 1.82) is 0 Å². The Kier molecular flexibility index (Phi) is 4.89. The van der Waals surface area contributed by atoms with Crippen molar-refractivity contribution in [2.45, 2.75) is 37.1 Å². The van der Waals surface area contributed by atoms with Crippen molar-refractivity contribution in [1.82, 2.24) is 5.32 Å². The Morgan fingerprint density at radius 1 is 0.867 bits per heavy atom. The van der Waals surface area contributed by atoms with Gasteiger partial charge in [0.05, 0.1) is 27.4 Å². The minimum atomic E-state index is -0.0307. The summed E-state index contributed by atoms with van der Waals surface area (Å²) >= 11 is 0. The van der Waals surface area contributed by atoms with Crippen LogP contribution in [0.3, 0.4) is 0 Å². The number of benzene rings is 2. The number of ether oxygens (including phenoxy) is 5. The molecule has 0 radical (unpaired) electrons. The van der Waals surface area contributed by atoms with E-state index >= 15 is 0 Å². The molecule has 1 fully saturated rings. The summed E-state index contributed by atoms with van der Waals surface area (Å²) in [7, 11) is 4.95. The van der Waals surface area contributed by atoms with Crippen LogP contribution in [0.4, 0.5) is 0 Å². The van der Waals surface area contributed by atoms with E-state index in [2.05, 4.69) is 23.5 Å². The highest BCUT2D eigenvalue weighted by Gasteiger charge is 2.44. The van der Waals surface area contributed by atoms with Crippen molar-refractivity contribution in [2.24, 2.45) is 0 Å². The van der Waals surface area contributed by atoms with Crippen molar-refractivity contribution in [3.63, 3.8) is 0 Å². The van der Waals surface area contributed by atoms with Gasteiger partial charge < -0.3 is 29.0 Å². The van der Waals surface area contributed by atoms with Crippen LogP contribution in [0.2, 0.25) is 0 Å². The topological polar surface area (TPSA) is 58.2 Å². The van der Waals surface area contributed by atoms with E-state index in [0.717, 1.165) is 23.6 Å². The molecule has 1 N–H and O–H groups in total. The lowest BCUT2D eigenvalue weighted by Crippen LogP contribution is -2.44. The van der Waals surface area contributed by atoms with Gasteiger partial charge >= 0.3 is 0 Å². The molecule has 0 saturated heterocycles. The SMILES string of the molecule is COc1ccc(C2NCC3(CCCC3)c3cc4c(cc32)OCCO4)c(OC)c1OC. The molecular weight excluding hydrogens is 382 g/mol. The summed E-state index contributed by atoms with van der Waals surface area (Å²) in [5.74, 6) is 3.65. The highest BCUT2D eigenvalue weighted by atomic mass is 16.6. The molecule has 6 nitrogen and oxygen atoms in total. The lowest BCUT2D eigenvalue weighted by atomic mass is 9.71. The third kappa shape index (κ3) is 2.88. The van der Waals surface area contributed by atoms with E-state index in [1.807, 2.05) is 6.07 Å². The molecule has 160 valence electrons. The fourth-order valence-electron chi connectivity index (χ4n) is 5.43. The molecule has 2 heterocycles. The van der Waals surface area contributed by atoms with Gasteiger partial charge in [-0.1, -0.05) is 12.8 Å². The average molecular weight is 411 g/mol. The molecule has 30 heavy (non-hydrogen) atoms. The van der Waals surface area contributed by atoms with Gasteiger partial charge in [-0.05, 0) is 48.2 Å². The second-order valence-corrected chi connectivity index (χ2v) is 8.31.